The average Bonchev–Trinajstić information content (AvgIpc) is 3.15. The van der Waals surface area contributed by atoms with Crippen LogP contribution < -0.4 is 10.9 Å². The fourth-order valence-corrected chi connectivity index (χ4v) is 3.23. The number of hydrogen-bond donors (Lipinski definition) is 4. The number of rotatable bonds is 6. The summed E-state index contributed by atoms with van der Waals surface area (Å²) in [4.78, 5) is 63.0. The Labute approximate surface area is 162 Å². The summed E-state index contributed by atoms with van der Waals surface area (Å²) >= 11 is 0. The molecule has 3 rings (SSSR count). The minimum atomic E-state index is -4.76. The number of H-pyrrole nitrogens is 1. The van der Waals surface area contributed by atoms with E-state index in [1.807, 2.05) is 0 Å². The van der Waals surface area contributed by atoms with E-state index in [-0.39, 0.29) is 23.5 Å². The standard InChI is InChI=1S/C14H18N5O9P/c1-6(20)16-14-17-12-11(13(22)18-14)15-5-19(12)10-3-8(27-7(2)21)9(28-10)4-26-29(23,24)25/h5,8-10H,3-4H2,1-2H3,(H2,23,24,25)(H2,16,17,18,20,22)/t8-,9+,10+/m0/s1. The van der Waals surface area contributed by atoms with Crippen LogP contribution in [0.4, 0.5) is 5.95 Å². The SMILES string of the molecule is CC(=O)Nc1nc2c(ncn2[C@H]2C[C@H](OC(C)=O)[C@@H](COP(=O)(O)O)O2)c(=O)[nH]1. The molecule has 0 radical (unpaired) electrons. The lowest BCUT2D eigenvalue weighted by atomic mass is 10.2. The van der Waals surface area contributed by atoms with E-state index in [4.69, 9.17) is 19.3 Å². The highest BCUT2D eigenvalue weighted by Crippen LogP contribution is 2.39. The number of carbonyl (C=O) groups is 2. The van der Waals surface area contributed by atoms with E-state index in [9.17, 15) is 18.9 Å². The van der Waals surface area contributed by atoms with Crippen molar-refractivity contribution in [3.63, 3.8) is 0 Å². The lowest BCUT2D eigenvalue weighted by Gasteiger charge is -2.18. The monoisotopic (exact) mass is 431 g/mol. The summed E-state index contributed by atoms with van der Waals surface area (Å²) in [5.41, 5.74) is -0.504. The van der Waals surface area contributed by atoms with Crippen LogP contribution in [-0.2, 0) is 28.2 Å². The number of carbonyl (C=O) groups excluding carboxylic acids is 2. The maximum Gasteiger partial charge on any atom is 0.469 e. The van der Waals surface area contributed by atoms with Crippen molar-refractivity contribution < 1.29 is 37.9 Å². The second-order valence-corrected chi connectivity index (χ2v) is 7.46. The third-order valence-corrected chi connectivity index (χ3v) is 4.43. The van der Waals surface area contributed by atoms with Crippen molar-refractivity contribution in [3.8, 4) is 0 Å². The van der Waals surface area contributed by atoms with Crippen molar-refractivity contribution in [2.75, 3.05) is 11.9 Å². The molecular formula is C14H18N5O9P. The number of ether oxygens (including phenoxy) is 2. The van der Waals surface area contributed by atoms with Crippen molar-refractivity contribution in [1.82, 2.24) is 19.5 Å². The van der Waals surface area contributed by atoms with Crippen LogP contribution >= 0.6 is 7.82 Å². The minimum Gasteiger partial charge on any atom is -0.460 e. The predicted octanol–water partition coefficient (Wildman–Crippen LogP) is -0.594. The highest BCUT2D eigenvalue weighted by atomic mass is 31.2. The molecule has 0 unspecified atom stereocenters. The summed E-state index contributed by atoms with van der Waals surface area (Å²) < 4.78 is 27.7. The maximum absolute atomic E-state index is 12.2. The van der Waals surface area contributed by atoms with E-state index in [0.717, 1.165) is 0 Å². The highest BCUT2D eigenvalue weighted by molar-refractivity contribution is 7.46. The number of aromatic amines is 1. The van der Waals surface area contributed by atoms with Gasteiger partial charge in [0.15, 0.2) is 11.2 Å². The normalized spacial score (nSPS) is 22.0. The van der Waals surface area contributed by atoms with Gasteiger partial charge in [0.25, 0.3) is 5.56 Å². The molecule has 1 amide bonds. The molecule has 158 valence electrons. The number of imidazole rings is 1. The third-order valence-electron chi connectivity index (χ3n) is 3.94. The summed E-state index contributed by atoms with van der Waals surface area (Å²) in [5.74, 6) is -1.15. The Balaban J connectivity index is 1.91. The van der Waals surface area contributed by atoms with E-state index in [1.54, 1.807) is 0 Å². The van der Waals surface area contributed by atoms with Gasteiger partial charge in [-0.3, -0.25) is 33.8 Å². The Morgan fingerprint density at radius 1 is 1.45 bits per heavy atom. The van der Waals surface area contributed by atoms with Crippen molar-refractivity contribution in [3.05, 3.63) is 16.7 Å². The molecule has 29 heavy (non-hydrogen) atoms. The third kappa shape index (κ3) is 5.05. The summed E-state index contributed by atoms with van der Waals surface area (Å²) in [6.07, 6.45) is -1.30. The molecule has 0 saturated carbocycles. The highest BCUT2D eigenvalue weighted by Gasteiger charge is 2.40. The first kappa shape index (κ1) is 21.1. The molecule has 15 heteroatoms. The second-order valence-electron chi connectivity index (χ2n) is 6.22. The molecule has 0 bridgehead atoms. The molecule has 0 spiro atoms. The largest absolute Gasteiger partial charge is 0.469 e. The zero-order chi connectivity index (χ0) is 21.3. The van der Waals surface area contributed by atoms with E-state index in [0.29, 0.717) is 0 Å². The number of amides is 1. The number of phosphoric ester groups is 1. The predicted molar refractivity (Wildman–Crippen MR) is 94.5 cm³/mol. The van der Waals surface area contributed by atoms with E-state index >= 15 is 0 Å². The van der Waals surface area contributed by atoms with E-state index < -0.39 is 50.3 Å². The molecule has 1 aliphatic heterocycles. The first-order valence-corrected chi connectivity index (χ1v) is 9.83. The molecule has 0 aromatic carbocycles. The number of anilines is 1. The van der Waals surface area contributed by atoms with Crippen molar-refractivity contribution >= 4 is 36.8 Å². The number of nitrogens with one attached hydrogen (secondary N) is 2. The Morgan fingerprint density at radius 3 is 2.79 bits per heavy atom. The Morgan fingerprint density at radius 2 is 2.17 bits per heavy atom. The van der Waals surface area contributed by atoms with Gasteiger partial charge in [-0.25, -0.2) is 9.55 Å². The lowest BCUT2D eigenvalue weighted by Crippen LogP contribution is -2.30. The average molecular weight is 431 g/mol. The van der Waals surface area contributed by atoms with Crippen LogP contribution in [0.2, 0.25) is 0 Å². The molecule has 1 aliphatic rings. The first-order valence-electron chi connectivity index (χ1n) is 8.30. The van der Waals surface area contributed by atoms with Gasteiger partial charge in [-0.1, -0.05) is 0 Å². The molecule has 3 atom stereocenters. The summed E-state index contributed by atoms with van der Waals surface area (Å²) in [7, 11) is -4.76. The van der Waals surface area contributed by atoms with Gasteiger partial charge in [0.1, 0.15) is 18.4 Å². The zero-order valence-corrected chi connectivity index (χ0v) is 16.2. The second kappa shape index (κ2) is 8.00. The Hall–Kier alpha value is -2.64. The van der Waals surface area contributed by atoms with Gasteiger partial charge in [0, 0.05) is 20.3 Å². The minimum absolute atomic E-state index is 0.0124. The number of fused-ring (bicyclic) bond motifs is 1. The summed E-state index contributed by atoms with van der Waals surface area (Å²) in [6.45, 7) is 1.90. The number of aromatic nitrogens is 4. The van der Waals surface area contributed by atoms with Gasteiger partial charge in [-0.05, 0) is 0 Å². The molecule has 1 fully saturated rings. The van der Waals surface area contributed by atoms with Gasteiger partial charge in [-0.15, -0.1) is 0 Å². The molecule has 2 aromatic heterocycles. The summed E-state index contributed by atoms with van der Waals surface area (Å²) in [5, 5.41) is 2.36. The summed E-state index contributed by atoms with van der Waals surface area (Å²) in [6, 6.07) is 0. The Kier molecular flexibility index (Phi) is 5.82. The van der Waals surface area contributed by atoms with Crippen molar-refractivity contribution in [2.24, 2.45) is 0 Å². The number of nitrogens with zero attached hydrogens (tertiary/aromatic N) is 3. The quantitative estimate of drug-likeness (QED) is 0.337. The molecule has 4 N–H and O–H groups in total. The number of esters is 1. The van der Waals surface area contributed by atoms with Crippen LogP contribution in [0.25, 0.3) is 11.2 Å². The molecule has 3 heterocycles. The smallest absolute Gasteiger partial charge is 0.460 e. The maximum atomic E-state index is 12.2. The van der Waals surface area contributed by atoms with E-state index in [1.165, 1.54) is 24.7 Å². The molecular weight excluding hydrogens is 413 g/mol. The fraction of sp³-hybridized carbons (Fsp3) is 0.500. The van der Waals surface area contributed by atoms with Gasteiger partial charge >= 0.3 is 13.8 Å². The molecule has 2 aromatic rings. The Bertz CT molecular complexity index is 1040. The van der Waals surface area contributed by atoms with Gasteiger partial charge < -0.3 is 19.3 Å². The zero-order valence-electron chi connectivity index (χ0n) is 15.3. The molecule has 0 aliphatic carbocycles. The van der Waals surface area contributed by atoms with Crippen molar-refractivity contribution in [1.29, 1.82) is 0 Å². The van der Waals surface area contributed by atoms with Gasteiger partial charge in [0.05, 0.1) is 12.9 Å². The fourth-order valence-electron chi connectivity index (χ4n) is 2.89. The van der Waals surface area contributed by atoms with E-state index in [2.05, 4.69) is 24.8 Å². The lowest BCUT2D eigenvalue weighted by molar-refractivity contribution is -0.150. The topological polar surface area (TPSA) is 195 Å². The van der Waals surface area contributed by atoms with Gasteiger partial charge in [-0.2, -0.15) is 4.98 Å². The van der Waals surface area contributed by atoms with Crippen LogP contribution in [0.3, 0.4) is 0 Å². The van der Waals surface area contributed by atoms with Crippen LogP contribution in [0.15, 0.2) is 11.1 Å². The first-order chi connectivity index (χ1) is 13.5. The number of phosphoric acid groups is 1. The van der Waals surface area contributed by atoms with Gasteiger partial charge in [0.2, 0.25) is 11.9 Å². The molecule has 1 saturated heterocycles. The van der Waals surface area contributed by atoms with Crippen LogP contribution in [-0.4, -0.2) is 60.0 Å². The van der Waals surface area contributed by atoms with Crippen LogP contribution in [0.5, 0.6) is 0 Å². The van der Waals surface area contributed by atoms with Crippen LogP contribution in [0, 0.1) is 0 Å². The van der Waals surface area contributed by atoms with Crippen LogP contribution in [0.1, 0.15) is 26.5 Å². The van der Waals surface area contributed by atoms with Crippen molar-refractivity contribution in [2.45, 2.75) is 38.7 Å². The molecule has 14 nitrogen and oxygen atoms in total. The number of hydrogen-bond acceptors (Lipinski definition) is 9.